The zero-order chi connectivity index (χ0) is 14.8. The quantitative estimate of drug-likeness (QED) is 0.757. The third-order valence-electron chi connectivity index (χ3n) is 4.50. The molecule has 6 heteroatoms. The standard InChI is InChI=1S/C15H23N3O3/c1-3-12-8-16-14(21-12)10-17(2)11-4-6-18(9-11)13-5-7-20-15(13)19/h8,11,13H,3-7,9-10H2,1-2H3. The van der Waals surface area contributed by atoms with E-state index in [-0.39, 0.29) is 12.0 Å². The number of carbonyl (C=O) groups is 1. The van der Waals surface area contributed by atoms with Crippen molar-refractivity contribution in [2.75, 3.05) is 26.7 Å². The van der Waals surface area contributed by atoms with Crippen LogP contribution >= 0.6 is 0 Å². The molecule has 6 nitrogen and oxygen atoms in total. The van der Waals surface area contributed by atoms with E-state index in [1.165, 1.54) is 0 Å². The van der Waals surface area contributed by atoms with Gasteiger partial charge < -0.3 is 9.15 Å². The van der Waals surface area contributed by atoms with Gasteiger partial charge in [0.1, 0.15) is 11.8 Å². The molecule has 21 heavy (non-hydrogen) atoms. The summed E-state index contributed by atoms with van der Waals surface area (Å²) in [5.41, 5.74) is 0. The molecule has 1 aromatic heterocycles. The Hall–Kier alpha value is -1.40. The van der Waals surface area contributed by atoms with E-state index in [2.05, 4.69) is 28.8 Å². The second kappa shape index (κ2) is 6.15. The molecule has 0 radical (unpaired) electrons. The first-order valence-electron chi connectivity index (χ1n) is 7.72. The number of esters is 1. The predicted molar refractivity (Wildman–Crippen MR) is 76.7 cm³/mol. The Labute approximate surface area is 125 Å². The molecule has 3 rings (SSSR count). The smallest absolute Gasteiger partial charge is 0.323 e. The summed E-state index contributed by atoms with van der Waals surface area (Å²) in [6.45, 7) is 5.21. The van der Waals surface area contributed by atoms with E-state index in [9.17, 15) is 4.79 Å². The minimum absolute atomic E-state index is 0.0307. The number of hydrogen-bond acceptors (Lipinski definition) is 6. The molecule has 3 heterocycles. The van der Waals surface area contributed by atoms with Gasteiger partial charge in [0.15, 0.2) is 0 Å². The molecule has 0 saturated carbocycles. The van der Waals surface area contributed by atoms with Crippen molar-refractivity contribution in [1.82, 2.24) is 14.8 Å². The van der Waals surface area contributed by atoms with Crippen LogP contribution in [0.4, 0.5) is 0 Å². The molecular weight excluding hydrogens is 270 g/mol. The zero-order valence-electron chi connectivity index (χ0n) is 12.7. The Balaban J connectivity index is 1.54. The van der Waals surface area contributed by atoms with Gasteiger partial charge in [-0.1, -0.05) is 6.92 Å². The minimum atomic E-state index is -0.0569. The van der Waals surface area contributed by atoms with Crippen LogP contribution in [0.5, 0.6) is 0 Å². The van der Waals surface area contributed by atoms with E-state index in [0.717, 1.165) is 44.0 Å². The van der Waals surface area contributed by atoms with Crippen LogP contribution in [0.1, 0.15) is 31.4 Å². The van der Waals surface area contributed by atoms with Crippen molar-refractivity contribution < 1.29 is 13.9 Å². The number of carbonyl (C=O) groups excluding carboxylic acids is 1. The topological polar surface area (TPSA) is 58.8 Å². The lowest BCUT2D eigenvalue weighted by Gasteiger charge is -2.24. The highest BCUT2D eigenvalue weighted by Gasteiger charge is 2.37. The summed E-state index contributed by atoms with van der Waals surface area (Å²) in [6.07, 6.45) is 4.58. The van der Waals surface area contributed by atoms with Crippen molar-refractivity contribution in [3.63, 3.8) is 0 Å². The van der Waals surface area contributed by atoms with Gasteiger partial charge in [-0.15, -0.1) is 0 Å². The molecule has 0 aliphatic carbocycles. The monoisotopic (exact) mass is 293 g/mol. The molecule has 116 valence electrons. The lowest BCUT2D eigenvalue weighted by Crippen LogP contribution is -2.40. The number of likely N-dealkylation sites (tertiary alicyclic amines) is 1. The Kier molecular flexibility index (Phi) is 4.26. The first-order valence-corrected chi connectivity index (χ1v) is 7.72. The van der Waals surface area contributed by atoms with Gasteiger partial charge in [0.05, 0.1) is 19.3 Å². The van der Waals surface area contributed by atoms with Gasteiger partial charge in [0.2, 0.25) is 5.89 Å². The van der Waals surface area contributed by atoms with Crippen LogP contribution in [0.15, 0.2) is 10.6 Å². The van der Waals surface area contributed by atoms with E-state index in [1.54, 1.807) is 6.20 Å². The number of likely N-dealkylation sites (N-methyl/N-ethyl adjacent to an activating group) is 1. The number of hydrogen-bond donors (Lipinski definition) is 0. The fourth-order valence-corrected chi connectivity index (χ4v) is 3.15. The maximum Gasteiger partial charge on any atom is 0.323 e. The minimum Gasteiger partial charge on any atom is -0.464 e. The zero-order valence-corrected chi connectivity index (χ0v) is 12.7. The normalized spacial score (nSPS) is 26.7. The number of aromatic nitrogens is 1. The summed E-state index contributed by atoms with van der Waals surface area (Å²) >= 11 is 0. The van der Waals surface area contributed by atoms with Gasteiger partial charge in [-0.05, 0) is 13.5 Å². The average molecular weight is 293 g/mol. The molecule has 0 bridgehead atoms. The highest BCUT2D eigenvalue weighted by molar-refractivity contribution is 5.77. The maximum absolute atomic E-state index is 11.7. The van der Waals surface area contributed by atoms with Crippen LogP contribution in [0.25, 0.3) is 0 Å². The second-order valence-corrected chi connectivity index (χ2v) is 5.90. The van der Waals surface area contributed by atoms with Crippen LogP contribution < -0.4 is 0 Å². The SMILES string of the molecule is CCc1cnc(CN(C)C2CCN(C3CCOC3=O)C2)o1. The molecule has 2 aliphatic rings. The Morgan fingerprint density at radius 2 is 2.33 bits per heavy atom. The van der Waals surface area contributed by atoms with Crippen molar-refractivity contribution in [2.24, 2.45) is 0 Å². The van der Waals surface area contributed by atoms with Gasteiger partial charge >= 0.3 is 5.97 Å². The molecule has 0 amide bonds. The molecule has 0 spiro atoms. The first kappa shape index (κ1) is 14.5. The maximum atomic E-state index is 11.7. The van der Waals surface area contributed by atoms with Gasteiger partial charge in [0, 0.05) is 32.0 Å². The van der Waals surface area contributed by atoms with Crippen molar-refractivity contribution in [2.45, 2.75) is 44.8 Å². The fourth-order valence-electron chi connectivity index (χ4n) is 3.15. The number of nitrogens with zero attached hydrogens (tertiary/aromatic N) is 3. The number of aryl methyl sites for hydroxylation is 1. The van der Waals surface area contributed by atoms with Crippen LogP contribution in [0.2, 0.25) is 0 Å². The predicted octanol–water partition coefficient (Wildman–Crippen LogP) is 1.06. The molecule has 2 fully saturated rings. The van der Waals surface area contributed by atoms with Crippen LogP contribution in [-0.4, -0.2) is 59.6 Å². The van der Waals surface area contributed by atoms with Crippen LogP contribution in [0.3, 0.4) is 0 Å². The van der Waals surface area contributed by atoms with Gasteiger partial charge in [-0.3, -0.25) is 14.6 Å². The molecule has 2 atom stereocenters. The first-order chi connectivity index (χ1) is 10.2. The second-order valence-electron chi connectivity index (χ2n) is 5.90. The number of rotatable bonds is 5. The number of cyclic esters (lactones) is 1. The molecule has 2 aliphatic heterocycles. The van der Waals surface area contributed by atoms with Crippen molar-refractivity contribution >= 4 is 5.97 Å². The van der Waals surface area contributed by atoms with E-state index >= 15 is 0 Å². The highest BCUT2D eigenvalue weighted by Crippen LogP contribution is 2.23. The number of oxazole rings is 1. The summed E-state index contributed by atoms with van der Waals surface area (Å²) in [6, 6.07) is 0.409. The largest absolute Gasteiger partial charge is 0.464 e. The Morgan fingerprint density at radius 3 is 3.00 bits per heavy atom. The van der Waals surface area contributed by atoms with E-state index in [4.69, 9.17) is 9.15 Å². The molecule has 2 saturated heterocycles. The van der Waals surface area contributed by atoms with Crippen LogP contribution in [0, 0.1) is 0 Å². The third kappa shape index (κ3) is 3.11. The molecule has 1 aromatic rings. The molecule has 2 unspecified atom stereocenters. The Bertz CT molecular complexity index is 502. The number of ether oxygens (including phenoxy) is 1. The third-order valence-corrected chi connectivity index (χ3v) is 4.50. The fraction of sp³-hybridized carbons (Fsp3) is 0.733. The molecule has 0 aromatic carbocycles. The van der Waals surface area contributed by atoms with E-state index < -0.39 is 0 Å². The summed E-state index contributed by atoms with van der Waals surface area (Å²) in [7, 11) is 2.09. The molecule has 0 N–H and O–H groups in total. The highest BCUT2D eigenvalue weighted by atomic mass is 16.5. The van der Waals surface area contributed by atoms with Gasteiger partial charge in [-0.25, -0.2) is 4.98 Å². The van der Waals surface area contributed by atoms with Crippen molar-refractivity contribution in [3.05, 3.63) is 17.8 Å². The summed E-state index contributed by atoms with van der Waals surface area (Å²) in [5, 5.41) is 0. The molecular formula is C15H23N3O3. The van der Waals surface area contributed by atoms with E-state index in [1.807, 2.05) is 0 Å². The summed E-state index contributed by atoms with van der Waals surface area (Å²) < 4.78 is 10.7. The van der Waals surface area contributed by atoms with E-state index in [0.29, 0.717) is 19.2 Å². The lowest BCUT2D eigenvalue weighted by molar-refractivity contribution is -0.142. The van der Waals surface area contributed by atoms with Crippen molar-refractivity contribution in [3.8, 4) is 0 Å². The average Bonchev–Trinajstić information content (AvgIpc) is 3.17. The Morgan fingerprint density at radius 1 is 1.48 bits per heavy atom. The lowest BCUT2D eigenvalue weighted by atomic mass is 10.2. The van der Waals surface area contributed by atoms with Crippen LogP contribution in [-0.2, 0) is 22.5 Å². The van der Waals surface area contributed by atoms with Gasteiger partial charge in [-0.2, -0.15) is 0 Å². The summed E-state index contributed by atoms with van der Waals surface area (Å²) in [4.78, 5) is 20.5. The van der Waals surface area contributed by atoms with Crippen molar-refractivity contribution in [1.29, 1.82) is 0 Å². The van der Waals surface area contributed by atoms with Gasteiger partial charge in [0.25, 0.3) is 0 Å². The summed E-state index contributed by atoms with van der Waals surface area (Å²) in [5.74, 6) is 1.65.